The molecule has 0 aliphatic carbocycles. The van der Waals surface area contributed by atoms with Crippen molar-refractivity contribution >= 4 is 27.2 Å². The van der Waals surface area contributed by atoms with E-state index in [2.05, 4.69) is 19.7 Å². The van der Waals surface area contributed by atoms with Gasteiger partial charge in [-0.25, -0.2) is 28.1 Å². The van der Waals surface area contributed by atoms with Gasteiger partial charge in [0.25, 0.3) is 0 Å². The minimum absolute atomic E-state index is 0.191. The third kappa shape index (κ3) is 4.36. The summed E-state index contributed by atoms with van der Waals surface area (Å²) in [7, 11) is -3.65. The molecule has 3 N–H and O–H groups in total. The molecule has 8 nitrogen and oxygen atoms in total. The number of nitrogen functional groups attached to an aromatic ring is 1. The Labute approximate surface area is 179 Å². The molecule has 3 aromatic rings. The van der Waals surface area contributed by atoms with Crippen molar-refractivity contribution in [3.8, 4) is 21.8 Å². The fraction of sp³-hybridized carbons (Fsp3) is 0.350. The first kappa shape index (κ1) is 20.9. The summed E-state index contributed by atoms with van der Waals surface area (Å²) in [6.45, 7) is 5.44. The molecule has 0 radical (unpaired) electrons. The van der Waals surface area contributed by atoms with Crippen molar-refractivity contribution in [1.29, 1.82) is 0 Å². The van der Waals surface area contributed by atoms with Crippen LogP contribution in [0.1, 0.15) is 17.0 Å². The number of benzene rings is 1. The Morgan fingerprint density at radius 3 is 2.80 bits per heavy atom. The van der Waals surface area contributed by atoms with E-state index in [1.54, 1.807) is 30.6 Å². The molecule has 0 saturated carbocycles. The van der Waals surface area contributed by atoms with Crippen LogP contribution in [0.25, 0.3) is 21.8 Å². The summed E-state index contributed by atoms with van der Waals surface area (Å²) in [5.41, 5.74) is 8.72. The van der Waals surface area contributed by atoms with E-state index in [0.29, 0.717) is 42.5 Å². The molecule has 1 aliphatic heterocycles. The molecule has 30 heavy (non-hydrogen) atoms. The molecule has 158 valence electrons. The highest BCUT2D eigenvalue weighted by molar-refractivity contribution is 7.89. The highest BCUT2D eigenvalue weighted by Crippen LogP contribution is 2.31. The molecule has 1 aromatic carbocycles. The number of rotatable bonds is 6. The van der Waals surface area contributed by atoms with E-state index in [-0.39, 0.29) is 10.8 Å². The van der Waals surface area contributed by atoms with Crippen molar-refractivity contribution in [1.82, 2.24) is 19.7 Å². The number of aryl methyl sites for hydroxylation is 2. The summed E-state index contributed by atoms with van der Waals surface area (Å²) in [6.07, 6.45) is 4.14. The molecule has 1 atom stereocenters. The largest absolute Gasteiger partial charge is 0.382 e. The minimum atomic E-state index is -3.65. The fourth-order valence-electron chi connectivity index (χ4n) is 3.28. The molecule has 1 saturated heterocycles. The van der Waals surface area contributed by atoms with Gasteiger partial charge in [0.2, 0.25) is 10.0 Å². The van der Waals surface area contributed by atoms with Crippen LogP contribution in [0.5, 0.6) is 0 Å². The highest BCUT2D eigenvalue weighted by Gasteiger charge is 2.21. The molecule has 4 rings (SSSR count). The van der Waals surface area contributed by atoms with Gasteiger partial charge in [0.15, 0.2) is 5.82 Å². The SMILES string of the molecule is Cc1ncc(-c2nc(-c3cc(S(=O)(=O)NC[C@H]4CCOC4)ccc3C)cnc2N)s1. The summed E-state index contributed by atoms with van der Waals surface area (Å²) >= 11 is 1.48. The predicted molar refractivity (Wildman–Crippen MR) is 117 cm³/mol. The number of thiazole rings is 1. The van der Waals surface area contributed by atoms with Crippen LogP contribution in [-0.4, -0.2) is 43.1 Å². The van der Waals surface area contributed by atoms with Crippen LogP contribution in [0.2, 0.25) is 0 Å². The van der Waals surface area contributed by atoms with Gasteiger partial charge in [0, 0.05) is 24.9 Å². The van der Waals surface area contributed by atoms with Crippen LogP contribution >= 0.6 is 11.3 Å². The van der Waals surface area contributed by atoms with Crippen molar-refractivity contribution in [3.63, 3.8) is 0 Å². The molecule has 0 bridgehead atoms. The minimum Gasteiger partial charge on any atom is -0.382 e. The number of nitrogens with two attached hydrogens (primary N) is 1. The second-order valence-electron chi connectivity index (χ2n) is 7.29. The summed E-state index contributed by atoms with van der Waals surface area (Å²) in [5, 5.41) is 0.902. The lowest BCUT2D eigenvalue weighted by molar-refractivity contribution is 0.186. The van der Waals surface area contributed by atoms with E-state index in [0.717, 1.165) is 21.9 Å². The van der Waals surface area contributed by atoms with Gasteiger partial charge >= 0.3 is 0 Å². The van der Waals surface area contributed by atoms with Crippen molar-refractivity contribution in [2.75, 3.05) is 25.5 Å². The average Bonchev–Trinajstić information content (AvgIpc) is 3.39. The second kappa shape index (κ2) is 8.38. The maximum atomic E-state index is 12.8. The zero-order valence-corrected chi connectivity index (χ0v) is 18.4. The van der Waals surface area contributed by atoms with Crippen LogP contribution in [0.3, 0.4) is 0 Å². The topological polar surface area (TPSA) is 120 Å². The molecule has 0 unspecified atom stereocenters. The Bertz CT molecular complexity index is 1170. The average molecular weight is 446 g/mol. The lowest BCUT2D eigenvalue weighted by Crippen LogP contribution is -2.29. The van der Waals surface area contributed by atoms with Gasteiger partial charge in [-0.15, -0.1) is 11.3 Å². The molecule has 1 fully saturated rings. The summed E-state index contributed by atoms with van der Waals surface area (Å²) in [4.78, 5) is 14.2. The van der Waals surface area contributed by atoms with Crippen LogP contribution in [0, 0.1) is 19.8 Å². The summed E-state index contributed by atoms with van der Waals surface area (Å²) in [6, 6.07) is 5.01. The number of nitrogens with zero attached hydrogens (tertiary/aromatic N) is 3. The van der Waals surface area contributed by atoms with Gasteiger partial charge in [0.05, 0.1) is 33.3 Å². The first-order valence-electron chi connectivity index (χ1n) is 9.57. The lowest BCUT2D eigenvalue weighted by atomic mass is 10.1. The molecular weight excluding hydrogens is 422 g/mol. The molecule has 1 aliphatic rings. The standard InChI is InChI=1S/C20H23N5O3S2/c1-12-3-4-15(30(26,27)24-8-14-5-6-28-11-14)7-16(12)17-9-23-20(21)19(25-17)18-10-22-13(2)29-18/h3-4,7,9-10,14,24H,5-6,8,11H2,1-2H3,(H2,21,23)/t14-/m1/s1. The Hall–Kier alpha value is -2.40. The molecule has 0 amide bonds. The van der Waals surface area contributed by atoms with Crippen LogP contribution in [0.15, 0.2) is 35.5 Å². The normalized spacial score (nSPS) is 16.8. The first-order chi connectivity index (χ1) is 14.3. The number of nitrogens with one attached hydrogen (secondary N) is 1. The van der Waals surface area contributed by atoms with Gasteiger partial charge in [-0.05, 0) is 43.9 Å². The zero-order valence-electron chi connectivity index (χ0n) is 16.8. The Morgan fingerprint density at radius 1 is 1.27 bits per heavy atom. The number of sulfonamides is 1. The van der Waals surface area contributed by atoms with Crippen molar-refractivity contribution in [2.45, 2.75) is 25.2 Å². The van der Waals surface area contributed by atoms with Gasteiger partial charge in [-0.3, -0.25) is 0 Å². The van der Waals surface area contributed by atoms with Gasteiger partial charge in [0.1, 0.15) is 5.69 Å². The van der Waals surface area contributed by atoms with E-state index in [1.807, 2.05) is 13.8 Å². The quantitative estimate of drug-likeness (QED) is 0.598. The molecule has 2 aromatic heterocycles. The fourth-order valence-corrected chi connectivity index (χ4v) is 5.20. The zero-order chi connectivity index (χ0) is 21.3. The van der Waals surface area contributed by atoms with E-state index in [4.69, 9.17) is 10.5 Å². The Morgan fingerprint density at radius 2 is 2.10 bits per heavy atom. The number of ether oxygens (including phenoxy) is 1. The maximum absolute atomic E-state index is 12.8. The smallest absolute Gasteiger partial charge is 0.240 e. The van der Waals surface area contributed by atoms with E-state index in [1.165, 1.54) is 11.3 Å². The molecule has 3 heterocycles. The third-order valence-corrected chi connectivity index (χ3v) is 7.38. The monoisotopic (exact) mass is 445 g/mol. The molecular formula is C20H23N5O3S2. The second-order valence-corrected chi connectivity index (χ2v) is 10.3. The molecule has 0 spiro atoms. The number of hydrogen-bond donors (Lipinski definition) is 2. The Kier molecular flexibility index (Phi) is 5.83. The summed E-state index contributed by atoms with van der Waals surface area (Å²) in [5.74, 6) is 0.516. The van der Waals surface area contributed by atoms with Crippen molar-refractivity contribution < 1.29 is 13.2 Å². The lowest BCUT2D eigenvalue weighted by Gasteiger charge is -2.13. The van der Waals surface area contributed by atoms with Crippen molar-refractivity contribution in [3.05, 3.63) is 41.2 Å². The van der Waals surface area contributed by atoms with Crippen LogP contribution < -0.4 is 10.5 Å². The Balaban J connectivity index is 1.66. The van der Waals surface area contributed by atoms with Crippen LogP contribution in [-0.2, 0) is 14.8 Å². The van der Waals surface area contributed by atoms with E-state index >= 15 is 0 Å². The number of aromatic nitrogens is 3. The third-order valence-electron chi connectivity index (χ3n) is 5.04. The van der Waals surface area contributed by atoms with Gasteiger partial charge < -0.3 is 10.5 Å². The first-order valence-corrected chi connectivity index (χ1v) is 11.9. The maximum Gasteiger partial charge on any atom is 0.240 e. The van der Waals surface area contributed by atoms with E-state index < -0.39 is 10.0 Å². The van der Waals surface area contributed by atoms with Crippen LogP contribution in [0.4, 0.5) is 5.82 Å². The number of hydrogen-bond acceptors (Lipinski definition) is 8. The predicted octanol–water partition coefficient (Wildman–Crippen LogP) is 2.78. The molecule has 10 heteroatoms. The van der Waals surface area contributed by atoms with Crippen molar-refractivity contribution in [2.24, 2.45) is 5.92 Å². The summed E-state index contributed by atoms with van der Waals surface area (Å²) < 4.78 is 33.6. The van der Waals surface area contributed by atoms with Gasteiger partial charge in [-0.1, -0.05) is 6.07 Å². The van der Waals surface area contributed by atoms with E-state index in [9.17, 15) is 8.42 Å². The highest BCUT2D eigenvalue weighted by atomic mass is 32.2. The van der Waals surface area contributed by atoms with Gasteiger partial charge in [-0.2, -0.15) is 0 Å². The number of anilines is 1.